The van der Waals surface area contributed by atoms with E-state index in [9.17, 15) is 18.4 Å². The highest BCUT2D eigenvalue weighted by molar-refractivity contribution is 5.96. The molecule has 1 amide bonds. The van der Waals surface area contributed by atoms with Crippen LogP contribution in [0.3, 0.4) is 0 Å². The largest absolute Gasteiger partial charge is 0.469 e. The molecule has 0 bridgehead atoms. The molecule has 1 heterocycles. The Kier molecular flexibility index (Phi) is 5.10. The number of rotatable bonds is 5. The van der Waals surface area contributed by atoms with Crippen molar-refractivity contribution >= 4 is 11.9 Å². The van der Waals surface area contributed by atoms with Crippen molar-refractivity contribution in [3.05, 3.63) is 59.1 Å². The van der Waals surface area contributed by atoms with E-state index in [2.05, 4.69) is 10.1 Å². The molecular formula is C16H15F2NO4. The van der Waals surface area contributed by atoms with Crippen LogP contribution in [0.25, 0.3) is 0 Å². The van der Waals surface area contributed by atoms with Gasteiger partial charge in [-0.1, -0.05) is 6.07 Å². The second-order valence-corrected chi connectivity index (χ2v) is 4.88. The molecule has 2 aromatic rings. The molecule has 0 saturated heterocycles. The average molecular weight is 323 g/mol. The second-order valence-electron chi connectivity index (χ2n) is 4.88. The van der Waals surface area contributed by atoms with Crippen molar-refractivity contribution in [2.45, 2.75) is 19.4 Å². The van der Waals surface area contributed by atoms with Crippen molar-refractivity contribution in [2.24, 2.45) is 0 Å². The Labute approximate surface area is 131 Å². The topological polar surface area (TPSA) is 68.5 Å². The van der Waals surface area contributed by atoms with Crippen LogP contribution in [-0.2, 0) is 16.0 Å². The Balaban J connectivity index is 2.11. The van der Waals surface area contributed by atoms with Crippen LogP contribution in [0.2, 0.25) is 0 Å². The lowest BCUT2D eigenvalue weighted by Crippen LogP contribution is -2.27. The highest BCUT2D eigenvalue weighted by Crippen LogP contribution is 2.18. The maximum Gasteiger partial charge on any atom is 0.313 e. The summed E-state index contributed by atoms with van der Waals surface area (Å²) < 4.78 is 35.8. The van der Waals surface area contributed by atoms with Gasteiger partial charge in [0.1, 0.15) is 12.2 Å². The van der Waals surface area contributed by atoms with E-state index in [0.29, 0.717) is 5.56 Å². The lowest BCUT2D eigenvalue weighted by molar-refractivity contribution is -0.140. The van der Waals surface area contributed by atoms with Crippen LogP contribution in [0.4, 0.5) is 8.78 Å². The molecule has 122 valence electrons. The number of hydrogen-bond donors (Lipinski definition) is 1. The van der Waals surface area contributed by atoms with Gasteiger partial charge in [-0.05, 0) is 30.7 Å². The lowest BCUT2D eigenvalue weighted by atomic mass is 10.1. The van der Waals surface area contributed by atoms with Gasteiger partial charge in [-0.3, -0.25) is 9.59 Å². The van der Waals surface area contributed by atoms with Gasteiger partial charge in [0.25, 0.3) is 5.91 Å². The second kappa shape index (κ2) is 7.04. The van der Waals surface area contributed by atoms with Crippen LogP contribution in [0.5, 0.6) is 0 Å². The molecule has 5 nitrogen and oxygen atoms in total. The molecule has 0 unspecified atom stereocenters. The standard InChI is InChI=1S/C16H15F2NO4/c1-9(10-3-4-12(17)13(18)7-10)19-16(21)11-5-6-23-14(11)8-15(20)22-2/h3-7,9H,8H2,1-2H3,(H,19,21)/t9-/m0/s1. The molecule has 0 spiro atoms. The van der Waals surface area contributed by atoms with Crippen LogP contribution >= 0.6 is 0 Å². The summed E-state index contributed by atoms with van der Waals surface area (Å²) in [5.74, 6) is -2.80. The van der Waals surface area contributed by atoms with E-state index in [-0.39, 0.29) is 17.7 Å². The van der Waals surface area contributed by atoms with E-state index in [1.54, 1.807) is 6.92 Å². The number of furan rings is 1. The number of esters is 1. The van der Waals surface area contributed by atoms with Crippen LogP contribution < -0.4 is 5.32 Å². The molecule has 0 radical (unpaired) electrons. The number of benzene rings is 1. The molecule has 1 aromatic heterocycles. The minimum Gasteiger partial charge on any atom is -0.469 e. The molecule has 0 aliphatic rings. The number of ether oxygens (including phenoxy) is 1. The summed E-state index contributed by atoms with van der Waals surface area (Å²) in [6.07, 6.45) is 1.11. The minimum atomic E-state index is -0.988. The molecular weight excluding hydrogens is 308 g/mol. The van der Waals surface area contributed by atoms with Crippen molar-refractivity contribution in [1.29, 1.82) is 0 Å². The maximum absolute atomic E-state index is 13.2. The van der Waals surface area contributed by atoms with E-state index in [0.717, 1.165) is 12.1 Å². The first kappa shape index (κ1) is 16.7. The minimum absolute atomic E-state index is 0.173. The van der Waals surface area contributed by atoms with Crippen LogP contribution in [-0.4, -0.2) is 19.0 Å². The Morgan fingerprint density at radius 3 is 2.65 bits per heavy atom. The molecule has 1 aromatic carbocycles. The Morgan fingerprint density at radius 1 is 1.26 bits per heavy atom. The summed E-state index contributed by atoms with van der Waals surface area (Å²) in [4.78, 5) is 23.5. The Morgan fingerprint density at radius 2 is 2.00 bits per heavy atom. The van der Waals surface area contributed by atoms with Crippen molar-refractivity contribution in [2.75, 3.05) is 7.11 Å². The molecule has 1 atom stereocenters. The summed E-state index contributed by atoms with van der Waals surface area (Å²) in [6.45, 7) is 1.63. The fourth-order valence-electron chi connectivity index (χ4n) is 2.02. The van der Waals surface area contributed by atoms with Crippen molar-refractivity contribution < 1.29 is 27.5 Å². The highest BCUT2D eigenvalue weighted by atomic mass is 19.2. The predicted octanol–water partition coefficient (Wildman–Crippen LogP) is 2.76. The number of hydrogen-bond acceptors (Lipinski definition) is 4. The first-order valence-electron chi connectivity index (χ1n) is 6.81. The molecule has 0 fully saturated rings. The molecule has 2 rings (SSSR count). The van der Waals surface area contributed by atoms with Crippen LogP contribution in [0, 0.1) is 11.6 Å². The third-order valence-electron chi connectivity index (χ3n) is 3.31. The van der Waals surface area contributed by atoms with Gasteiger partial charge in [-0.15, -0.1) is 0 Å². The van der Waals surface area contributed by atoms with Gasteiger partial charge in [0.15, 0.2) is 11.6 Å². The fraction of sp³-hybridized carbons (Fsp3) is 0.250. The maximum atomic E-state index is 13.2. The molecule has 1 N–H and O–H groups in total. The normalized spacial score (nSPS) is 11.8. The highest BCUT2D eigenvalue weighted by Gasteiger charge is 2.20. The van der Waals surface area contributed by atoms with E-state index < -0.39 is 29.6 Å². The summed E-state index contributed by atoms with van der Waals surface area (Å²) in [5, 5.41) is 2.64. The van der Waals surface area contributed by atoms with Crippen LogP contribution in [0.1, 0.15) is 34.6 Å². The van der Waals surface area contributed by atoms with Gasteiger partial charge in [0.2, 0.25) is 0 Å². The average Bonchev–Trinajstić information content (AvgIpc) is 2.97. The first-order valence-corrected chi connectivity index (χ1v) is 6.81. The van der Waals surface area contributed by atoms with E-state index in [1.165, 1.54) is 25.5 Å². The molecule has 0 aliphatic heterocycles. The smallest absolute Gasteiger partial charge is 0.313 e. The summed E-state index contributed by atoms with van der Waals surface area (Å²) in [7, 11) is 1.23. The molecule has 0 aliphatic carbocycles. The first-order chi connectivity index (χ1) is 10.9. The monoisotopic (exact) mass is 323 g/mol. The number of carbonyl (C=O) groups is 2. The van der Waals surface area contributed by atoms with Gasteiger partial charge in [-0.2, -0.15) is 0 Å². The number of amides is 1. The van der Waals surface area contributed by atoms with E-state index in [4.69, 9.17) is 4.42 Å². The van der Waals surface area contributed by atoms with E-state index in [1.807, 2.05) is 0 Å². The molecule has 23 heavy (non-hydrogen) atoms. The lowest BCUT2D eigenvalue weighted by Gasteiger charge is -2.14. The molecule has 0 saturated carbocycles. The Bertz CT molecular complexity index is 727. The summed E-state index contributed by atoms with van der Waals surface area (Å²) in [5.41, 5.74) is 0.597. The fourth-order valence-corrected chi connectivity index (χ4v) is 2.02. The zero-order valence-corrected chi connectivity index (χ0v) is 12.6. The van der Waals surface area contributed by atoms with Gasteiger partial charge in [-0.25, -0.2) is 8.78 Å². The third kappa shape index (κ3) is 3.94. The van der Waals surface area contributed by atoms with Crippen molar-refractivity contribution in [1.82, 2.24) is 5.32 Å². The molecule has 7 heteroatoms. The van der Waals surface area contributed by atoms with E-state index >= 15 is 0 Å². The summed E-state index contributed by atoms with van der Waals surface area (Å²) >= 11 is 0. The van der Waals surface area contributed by atoms with Gasteiger partial charge >= 0.3 is 5.97 Å². The number of carbonyl (C=O) groups excluding carboxylic acids is 2. The zero-order valence-electron chi connectivity index (χ0n) is 12.6. The predicted molar refractivity (Wildman–Crippen MR) is 76.7 cm³/mol. The van der Waals surface area contributed by atoms with Crippen molar-refractivity contribution in [3.8, 4) is 0 Å². The Hall–Kier alpha value is -2.70. The quantitative estimate of drug-likeness (QED) is 0.859. The summed E-state index contributed by atoms with van der Waals surface area (Å²) in [6, 6.07) is 4.26. The SMILES string of the molecule is COC(=O)Cc1occc1C(=O)N[C@@H](C)c1ccc(F)c(F)c1. The zero-order chi connectivity index (χ0) is 17.0. The van der Waals surface area contributed by atoms with Crippen molar-refractivity contribution in [3.63, 3.8) is 0 Å². The van der Waals surface area contributed by atoms with Gasteiger partial charge < -0.3 is 14.5 Å². The van der Waals surface area contributed by atoms with Gasteiger partial charge in [0.05, 0.1) is 25.0 Å². The third-order valence-corrected chi connectivity index (χ3v) is 3.31. The number of halogens is 2. The van der Waals surface area contributed by atoms with Crippen LogP contribution in [0.15, 0.2) is 34.9 Å². The number of methoxy groups -OCH3 is 1. The van der Waals surface area contributed by atoms with Gasteiger partial charge in [0, 0.05) is 0 Å². The number of nitrogens with one attached hydrogen (secondary N) is 1.